The van der Waals surface area contributed by atoms with E-state index < -0.39 is 0 Å². The molecular weight excluding hydrogens is 352 g/mol. The number of nitrogens with zero attached hydrogens (tertiary/aromatic N) is 3. The van der Waals surface area contributed by atoms with Gasteiger partial charge in [-0.05, 0) is 38.8 Å². The van der Waals surface area contributed by atoms with Crippen molar-refractivity contribution in [3.8, 4) is 11.5 Å². The van der Waals surface area contributed by atoms with Crippen molar-refractivity contribution in [2.75, 3.05) is 19.5 Å². The second-order valence-electron chi connectivity index (χ2n) is 6.18. The Morgan fingerprint density at radius 2 is 2.04 bits per heavy atom. The molecule has 0 spiro atoms. The number of thioether (sulfide) groups is 1. The van der Waals surface area contributed by atoms with E-state index in [1.165, 1.54) is 24.6 Å². The minimum absolute atomic E-state index is 0.0964. The predicted octanol–water partition coefficient (Wildman–Crippen LogP) is 3.31. The molecule has 1 saturated carbocycles. The zero-order chi connectivity index (χ0) is 18.7. The largest absolute Gasteiger partial charge is 0.493 e. The Hall–Kier alpha value is -2.22. The number of methoxy groups -OCH3 is 2. The minimum Gasteiger partial charge on any atom is -0.493 e. The number of aromatic nitrogens is 3. The van der Waals surface area contributed by atoms with E-state index in [9.17, 15) is 4.79 Å². The van der Waals surface area contributed by atoms with Crippen LogP contribution in [0.15, 0.2) is 23.4 Å². The molecule has 3 rings (SSSR count). The van der Waals surface area contributed by atoms with E-state index in [0.717, 1.165) is 17.5 Å². The summed E-state index contributed by atoms with van der Waals surface area (Å²) in [6.45, 7) is 4.76. The zero-order valence-corrected chi connectivity index (χ0v) is 16.3. The summed E-state index contributed by atoms with van der Waals surface area (Å²) < 4.78 is 12.6. The van der Waals surface area contributed by atoms with E-state index in [1.54, 1.807) is 32.4 Å². The molecule has 8 heteroatoms. The van der Waals surface area contributed by atoms with Gasteiger partial charge in [0.15, 0.2) is 16.7 Å². The quantitative estimate of drug-likeness (QED) is 0.712. The number of ether oxygens (including phenoxy) is 2. The van der Waals surface area contributed by atoms with Gasteiger partial charge in [0, 0.05) is 24.2 Å². The van der Waals surface area contributed by atoms with Crippen molar-refractivity contribution in [3.63, 3.8) is 0 Å². The van der Waals surface area contributed by atoms with Crippen LogP contribution in [0, 0.1) is 0 Å². The molecule has 1 heterocycles. The Labute approximate surface area is 157 Å². The lowest BCUT2D eigenvalue weighted by Crippen LogP contribution is -2.23. The highest BCUT2D eigenvalue weighted by atomic mass is 32.2. The maximum Gasteiger partial charge on any atom is 0.237 e. The molecule has 1 N–H and O–H groups in total. The average Bonchev–Trinajstić information content (AvgIpc) is 3.42. The summed E-state index contributed by atoms with van der Waals surface area (Å²) >= 11 is 1.43. The van der Waals surface area contributed by atoms with Gasteiger partial charge in [-0.25, -0.2) is 0 Å². The van der Waals surface area contributed by atoms with Crippen LogP contribution in [0.2, 0.25) is 0 Å². The molecule has 2 aromatic rings. The van der Waals surface area contributed by atoms with Crippen LogP contribution in [0.25, 0.3) is 0 Å². The molecule has 0 saturated heterocycles. The van der Waals surface area contributed by atoms with Crippen LogP contribution in [-0.2, 0) is 11.3 Å². The predicted molar refractivity (Wildman–Crippen MR) is 101 cm³/mol. The van der Waals surface area contributed by atoms with Gasteiger partial charge < -0.3 is 19.4 Å². The lowest BCUT2D eigenvalue weighted by Gasteiger charge is -2.14. The molecule has 0 bridgehead atoms. The molecule has 0 unspecified atom stereocenters. The summed E-state index contributed by atoms with van der Waals surface area (Å²) in [6.07, 6.45) is 2.36. The standard InChI is InChI=1S/C18H24N4O3S/c1-5-22-16(12-6-7-12)20-21-18(22)26-11(2)17(23)19-13-8-9-14(24-3)15(10-13)25-4/h8-12H,5-7H2,1-4H3,(H,19,23)/t11-/m1/s1. The summed E-state index contributed by atoms with van der Waals surface area (Å²) in [5, 5.41) is 12.0. The molecule has 1 amide bonds. The summed E-state index contributed by atoms with van der Waals surface area (Å²) in [6, 6.07) is 5.30. The first-order valence-corrected chi connectivity index (χ1v) is 9.58. The number of carbonyl (C=O) groups excluding carboxylic acids is 1. The van der Waals surface area contributed by atoms with Crippen LogP contribution in [0.4, 0.5) is 5.69 Å². The number of nitrogens with one attached hydrogen (secondary N) is 1. The van der Waals surface area contributed by atoms with Crippen LogP contribution in [-0.4, -0.2) is 40.1 Å². The monoisotopic (exact) mass is 376 g/mol. The Morgan fingerprint density at radius 3 is 2.65 bits per heavy atom. The van der Waals surface area contributed by atoms with Gasteiger partial charge in [0.1, 0.15) is 5.82 Å². The van der Waals surface area contributed by atoms with Crippen molar-refractivity contribution in [2.45, 2.75) is 49.6 Å². The van der Waals surface area contributed by atoms with Crippen molar-refractivity contribution in [1.82, 2.24) is 14.8 Å². The topological polar surface area (TPSA) is 78.3 Å². The minimum atomic E-state index is -0.301. The van der Waals surface area contributed by atoms with Gasteiger partial charge in [0.2, 0.25) is 5.91 Å². The number of benzene rings is 1. The van der Waals surface area contributed by atoms with Crippen LogP contribution in [0.3, 0.4) is 0 Å². The first-order chi connectivity index (χ1) is 12.6. The van der Waals surface area contributed by atoms with Gasteiger partial charge in [0.05, 0.1) is 19.5 Å². The van der Waals surface area contributed by atoms with Crippen LogP contribution in [0.5, 0.6) is 11.5 Å². The second kappa shape index (κ2) is 7.99. The Morgan fingerprint density at radius 1 is 1.31 bits per heavy atom. The highest BCUT2D eigenvalue weighted by molar-refractivity contribution is 8.00. The maximum absolute atomic E-state index is 12.6. The molecule has 1 aliphatic rings. The number of rotatable bonds is 8. The average molecular weight is 376 g/mol. The molecule has 1 atom stereocenters. The first kappa shape index (κ1) is 18.6. The number of amides is 1. The van der Waals surface area contributed by atoms with E-state index in [0.29, 0.717) is 23.1 Å². The molecular formula is C18H24N4O3S. The van der Waals surface area contributed by atoms with E-state index >= 15 is 0 Å². The van der Waals surface area contributed by atoms with Gasteiger partial charge in [0.25, 0.3) is 0 Å². The van der Waals surface area contributed by atoms with Gasteiger partial charge in [-0.15, -0.1) is 10.2 Å². The van der Waals surface area contributed by atoms with Crippen LogP contribution < -0.4 is 14.8 Å². The SMILES string of the molecule is CCn1c(S[C@H](C)C(=O)Nc2ccc(OC)c(OC)c2)nnc1C1CC1. The third-order valence-electron chi connectivity index (χ3n) is 4.31. The molecule has 0 radical (unpaired) electrons. The van der Waals surface area contributed by atoms with E-state index in [1.807, 2.05) is 6.92 Å². The second-order valence-corrected chi connectivity index (χ2v) is 7.49. The Bertz CT molecular complexity index is 789. The van der Waals surface area contributed by atoms with Crippen molar-refractivity contribution in [2.24, 2.45) is 0 Å². The molecule has 1 aliphatic carbocycles. The summed E-state index contributed by atoms with van der Waals surface area (Å²) in [4.78, 5) is 12.6. The van der Waals surface area contributed by atoms with Crippen molar-refractivity contribution >= 4 is 23.4 Å². The fraction of sp³-hybridized carbons (Fsp3) is 0.500. The normalized spacial score (nSPS) is 14.8. The third kappa shape index (κ3) is 3.95. The summed E-state index contributed by atoms with van der Waals surface area (Å²) in [7, 11) is 3.14. The summed E-state index contributed by atoms with van der Waals surface area (Å²) in [5.74, 6) is 2.68. The Balaban J connectivity index is 1.67. The number of hydrogen-bond acceptors (Lipinski definition) is 6. The lowest BCUT2D eigenvalue weighted by molar-refractivity contribution is -0.115. The first-order valence-electron chi connectivity index (χ1n) is 8.70. The molecule has 7 nitrogen and oxygen atoms in total. The number of carbonyl (C=O) groups is 1. The molecule has 26 heavy (non-hydrogen) atoms. The van der Waals surface area contributed by atoms with Gasteiger partial charge in [-0.3, -0.25) is 4.79 Å². The molecule has 0 aliphatic heterocycles. The van der Waals surface area contributed by atoms with Gasteiger partial charge >= 0.3 is 0 Å². The highest BCUT2D eigenvalue weighted by Crippen LogP contribution is 2.40. The number of hydrogen-bond donors (Lipinski definition) is 1. The van der Waals surface area contributed by atoms with Gasteiger partial charge in [-0.1, -0.05) is 11.8 Å². The van der Waals surface area contributed by atoms with Crippen LogP contribution >= 0.6 is 11.8 Å². The molecule has 1 fully saturated rings. The Kier molecular flexibility index (Phi) is 5.70. The van der Waals surface area contributed by atoms with Gasteiger partial charge in [-0.2, -0.15) is 0 Å². The molecule has 1 aromatic carbocycles. The van der Waals surface area contributed by atoms with Crippen molar-refractivity contribution in [3.05, 3.63) is 24.0 Å². The van der Waals surface area contributed by atoms with E-state index in [2.05, 4.69) is 27.0 Å². The third-order valence-corrected chi connectivity index (χ3v) is 5.39. The maximum atomic E-state index is 12.6. The van der Waals surface area contributed by atoms with Crippen molar-refractivity contribution < 1.29 is 14.3 Å². The highest BCUT2D eigenvalue weighted by Gasteiger charge is 2.30. The fourth-order valence-corrected chi connectivity index (χ4v) is 3.62. The van der Waals surface area contributed by atoms with E-state index in [-0.39, 0.29) is 11.2 Å². The van der Waals surface area contributed by atoms with Crippen molar-refractivity contribution in [1.29, 1.82) is 0 Å². The lowest BCUT2D eigenvalue weighted by atomic mass is 10.2. The smallest absolute Gasteiger partial charge is 0.237 e. The molecule has 1 aromatic heterocycles. The molecule has 140 valence electrons. The number of anilines is 1. The zero-order valence-electron chi connectivity index (χ0n) is 15.5. The van der Waals surface area contributed by atoms with E-state index in [4.69, 9.17) is 9.47 Å². The fourth-order valence-electron chi connectivity index (χ4n) is 2.70. The van der Waals surface area contributed by atoms with Crippen LogP contribution in [0.1, 0.15) is 38.4 Å². The summed E-state index contributed by atoms with van der Waals surface area (Å²) in [5.41, 5.74) is 0.663.